The third-order valence-corrected chi connectivity index (χ3v) is 0. The number of carbonyl (C=O) groups is 1. The fourth-order valence-corrected chi connectivity index (χ4v) is 0. The van der Waals surface area contributed by atoms with E-state index in [0.29, 0.717) is 0 Å². The molecule has 8 heteroatoms. The van der Waals surface area contributed by atoms with E-state index < -0.39 is 24.3 Å². The monoisotopic (exact) mass is 224 g/mol. The maximum Gasteiger partial charge on any atom is 0.618 e. The molecule has 0 radical (unpaired) electrons. The van der Waals surface area contributed by atoms with Gasteiger partial charge in [0, 0.05) is 0 Å². The minimum Gasteiger partial charge on any atom is -0.309 e. The van der Waals surface area contributed by atoms with Crippen LogP contribution in [0.15, 0.2) is 0 Å². The van der Waals surface area contributed by atoms with Crippen molar-refractivity contribution in [3.63, 3.8) is 0 Å². The van der Waals surface area contributed by atoms with Crippen LogP contribution >= 0.6 is 18.1 Å². The molecule has 0 unspecified atom stereocenters. The van der Waals surface area contributed by atoms with E-state index in [1.807, 2.05) is 0 Å². The van der Waals surface area contributed by atoms with Crippen LogP contribution < -0.4 is 0 Å². The minimum atomic E-state index is -1.83. The SMILES string of the molecule is O=C(O)O.[CaH2].[Cl][Mg][Cl].[MgH2]. The summed E-state index contributed by atoms with van der Waals surface area (Å²) in [6.45, 7) is 0. The van der Waals surface area contributed by atoms with Crippen LogP contribution in [0.3, 0.4) is 0 Å². The van der Waals surface area contributed by atoms with Crippen LogP contribution in [0.5, 0.6) is 0 Å². The third kappa shape index (κ3) is 114. The van der Waals surface area contributed by atoms with Gasteiger partial charge in [-0.05, 0) is 0 Å². The molecule has 0 aliphatic heterocycles. The van der Waals surface area contributed by atoms with Crippen LogP contribution in [0, 0.1) is 0 Å². The molecule has 3 nitrogen and oxygen atoms in total. The predicted octanol–water partition coefficient (Wildman–Crippen LogP) is -0.612. The summed E-state index contributed by atoms with van der Waals surface area (Å²) in [6, 6.07) is 0. The van der Waals surface area contributed by atoms with E-state index in [4.69, 9.17) is 33.2 Å². The molecule has 0 aromatic rings. The van der Waals surface area contributed by atoms with Crippen molar-refractivity contribution in [1.82, 2.24) is 0 Å². The van der Waals surface area contributed by atoms with Crippen LogP contribution in [0.4, 0.5) is 4.79 Å². The average Bonchev–Trinajstić information content (AvgIpc) is 1.33. The van der Waals surface area contributed by atoms with Gasteiger partial charge in [-0.25, -0.2) is 4.79 Å². The Morgan fingerprint density at radius 2 is 1.33 bits per heavy atom. The van der Waals surface area contributed by atoms with Gasteiger partial charge < -0.3 is 28.4 Å². The molecule has 2 N–H and O–H groups in total. The first-order valence-corrected chi connectivity index (χ1v) is 5.46. The van der Waals surface area contributed by atoms with E-state index in [1.54, 1.807) is 0 Å². The Kier molecular flexibility index (Phi) is 56.3. The standard InChI is InChI=1S/CH2O3.Ca.2ClH.2Mg.4H/c2-1(3)4;;;;;;;;;/h(H2,2,3,4);;2*1H;;;;;;/q;;;;;+2;;;;/p-2. The second-order valence-electron chi connectivity index (χ2n) is 0.384. The molecule has 0 amide bonds. The Morgan fingerprint density at radius 3 is 1.33 bits per heavy atom. The van der Waals surface area contributed by atoms with Gasteiger partial charge in [-0.1, -0.05) is 0 Å². The summed E-state index contributed by atoms with van der Waals surface area (Å²) >= 11 is -0.639. The van der Waals surface area contributed by atoms with Crippen molar-refractivity contribution >= 4 is 103 Å². The van der Waals surface area contributed by atoms with Gasteiger partial charge in [-0.3, -0.25) is 0 Å². The van der Waals surface area contributed by atoms with Crippen LogP contribution in [-0.2, 0) is 0 Å². The van der Waals surface area contributed by atoms with Crippen molar-refractivity contribution in [3.05, 3.63) is 0 Å². The van der Waals surface area contributed by atoms with Crippen LogP contribution in [-0.4, -0.2) is 95.3 Å². The summed E-state index contributed by atoms with van der Waals surface area (Å²) < 4.78 is 0. The summed E-state index contributed by atoms with van der Waals surface area (Å²) in [6.07, 6.45) is -1.83. The predicted molar refractivity (Wildman–Crippen MR) is 45.2 cm³/mol. The fourth-order valence-electron chi connectivity index (χ4n) is 0. The molecule has 0 saturated carbocycles. The van der Waals surface area contributed by atoms with Crippen molar-refractivity contribution in [2.75, 3.05) is 0 Å². The summed E-state index contributed by atoms with van der Waals surface area (Å²) in [5.74, 6) is 0. The van der Waals surface area contributed by atoms with E-state index in [1.165, 1.54) is 0 Å². The van der Waals surface area contributed by atoms with Gasteiger partial charge in [0.2, 0.25) is 0 Å². The van der Waals surface area contributed by atoms with E-state index >= 15 is 0 Å². The number of hydrogen-bond acceptors (Lipinski definition) is 1. The first kappa shape index (κ1) is 22.6. The van der Waals surface area contributed by atoms with Crippen molar-refractivity contribution in [2.45, 2.75) is 0 Å². The molecule has 0 aromatic carbocycles. The molecule has 0 saturated heterocycles. The average molecular weight is 226 g/mol. The molecule has 0 rings (SSSR count). The Balaban J connectivity index is -0.0000000233. The second kappa shape index (κ2) is 22.4. The topological polar surface area (TPSA) is 57.5 Å². The Morgan fingerprint density at radius 1 is 1.33 bits per heavy atom. The van der Waals surface area contributed by atoms with E-state index in [9.17, 15) is 0 Å². The molecule has 0 atom stereocenters. The maximum absolute atomic E-state index is 8.56. The first-order valence-electron chi connectivity index (χ1n) is 1.19. The van der Waals surface area contributed by atoms with Crippen LogP contribution in [0.2, 0.25) is 0 Å². The summed E-state index contributed by atoms with van der Waals surface area (Å²) in [4.78, 5) is 8.56. The zero-order chi connectivity index (χ0) is 6.28. The number of rotatable bonds is 0. The maximum atomic E-state index is 8.56. The van der Waals surface area contributed by atoms with Gasteiger partial charge >= 0.3 is 85.1 Å². The largest absolute Gasteiger partial charge is 0.618 e. The molecular weight excluding hydrogens is 220 g/mol. The minimum absolute atomic E-state index is 0. The molecule has 0 heterocycles. The molecule has 0 fully saturated rings. The summed E-state index contributed by atoms with van der Waals surface area (Å²) in [7, 11) is 9.81. The quantitative estimate of drug-likeness (QED) is 0.541. The van der Waals surface area contributed by atoms with E-state index in [0.717, 1.165) is 0 Å². The molecule has 0 bridgehead atoms. The molecule has 9 heavy (non-hydrogen) atoms. The van der Waals surface area contributed by atoms with Gasteiger partial charge in [0.05, 0.1) is 0 Å². The zero-order valence-corrected chi connectivity index (χ0v) is 6.19. The zero-order valence-electron chi connectivity index (χ0n) is 3.27. The molecule has 0 aliphatic rings. The second-order valence-corrected chi connectivity index (χ2v) is 3.01. The normalized spacial score (nSPS) is 3.78. The van der Waals surface area contributed by atoms with Gasteiger partial charge in [0.1, 0.15) is 0 Å². The Bertz CT molecular complexity index is 51.1. The number of halogens is 2. The molecule has 0 aliphatic carbocycles. The summed E-state index contributed by atoms with van der Waals surface area (Å²) in [5, 5.41) is 13.9. The smallest absolute Gasteiger partial charge is 0.309 e. The van der Waals surface area contributed by atoms with Gasteiger partial charge in [0.25, 0.3) is 0 Å². The Labute approximate surface area is 116 Å². The first-order chi connectivity index (χ1) is 3.15. The van der Waals surface area contributed by atoms with Crippen molar-refractivity contribution in [2.24, 2.45) is 0 Å². The van der Waals surface area contributed by atoms with E-state index in [-0.39, 0.29) is 60.8 Å². The summed E-state index contributed by atoms with van der Waals surface area (Å²) in [5.41, 5.74) is 0. The number of hydrogen-bond donors (Lipinski definition) is 2. The van der Waals surface area contributed by atoms with Crippen molar-refractivity contribution in [1.29, 1.82) is 0 Å². The number of carboxylic acid groups (broad SMARTS) is 2. The molecule has 48 valence electrons. The van der Waals surface area contributed by atoms with Gasteiger partial charge in [0.15, 0.2) is 0 Å². The van der Waals surface area contributed by atoms with Gasteiger partial charge in [-0.15, -0.1) is 0 Å². The van der Waals surface area contributed by atoms with Gasteiger partial charge in [-0.2, -0.15) is 0 Å². The van der Waals surface area contributed by atoms with E-state index in [2.05, 4.69) is 0 Å². The third-order valence-electron chi connectivity index (χ3n) is 0. The molecular formula is CH6CaCl2Mg2O3. The van der Waals surface area contributed by atoms with Crippen LogP contribution in [0.1, 0.15) is 0 Å². The fraction of sp³-hybridized carbons (Fsp3) is 0. The molecule has 0 aromatic heterocycles. The van der Waals surface area contributed by atoms with Crippen molar-refractivity contribution in [3.8, 4) is 0 Å². The van der Waals surface area contributed by atoms with Crippen LogP contribution in [0.25, 0.3) is 0 Å². The molecule has 0 spiro atoms. The Hall–Kier alpha value is 2.64. The van der Waals surface area contributed by atoms with Crippen molar-refractivity contribution < 1.29 is 15.0 Å².